The lowest BCUT2D eigenvalue weighted by Gasteiger charge is -2.19. The first-order valence-corrected chi connectivity index (χ1v) is 5.67. The second-order valence-electron chi connectivity index (χ2n) is 5.07. The van der Waals surface area contributed by atoms with Crippen molar-refractivity contribution in [3.05, 3.63) is 29.3 Å². The average molecular weight is 236 g/mol. The summed E-state index contributed by atoms with van der Waals surface area (Å²) in [5.74, 6) is 0.578. The highest BCUT2D eigenvalue weighted by molar-refractivity contribution is 5.73. The van der Waals surface area contributed by atoms with E-state index in [1.165, 1.54) is 0 Å². The van der Waals surface area contributed by atoms with Gasteiger partial charge in [-0.2, -0.15) is 0 Å². The van der Waals surface area contributed by atoms with E-state index < -0.39 is 5.60 Å². The summed E-state index contributed by atoms with van der Waals surface area (Å²) in [5, 5.41) is 0. The highest BCUT2D eigenvalue weighted by Crippen LogP contribution is 2.20. The van der Waals surface area contributed by atoms with E-state index in [0.29, 0.717) is 0 Å². The lowest BCUT2D eigenvalue weighted by Crippen LogP contribution is -2.24. The zero-order chi connectivity index (χ0) is 13.1. The Morgan fingerprint density at radius 1 is 1.29 bits per heavy atom. The molecule has 3 nitrogen and oxygen atoms in total. The molecule has 1 aromatic carbocycles. The molecule has 17 heavy (non-hydrogen) atoms. The van der Waals surface area contributed by atoms with Crippen LogP contribution in [0.5, 0.6) is 5.75 Å². The van der Waals surface area contributed by atoms with Gasteiger partial charge in [-0.25, -0.2) is 0 Å². The van der Waals surface area contributed by atoms with Gasteiger partial charge in [0.1, 0.15) is 11.4 Å². The minimum Gasteiger partial charge on any atom is -0.496 e. The zero-order valence-corrected chi connectivity index (χ0v) is 11.2. The summed E-state index contributed by atoms with van der Waals surface area (Å²) in [7, 11) is 1.62. The Hall–Kier alpha value is -1.51. The molecule has 94 valence electrons. The van der Waals surface area contributed by atoms with E-state index in [4.69, 9.17) is 9.47 Å². The van der Waals surface area contributed by atoms with Crippen molar-refractivity contribution in [1.29, 1.82) is 0 Å². The van der Waals surface area contributed by atoms with E-state index in [1.54, 1.807) is 7.11 Å². The van der Waals surface area contributed by atoms with Gasteiger partial charge >= 0.3 is 5.97 Å². The predicted molar refractivity (Wildman–Crippen MR) is 67.3 cm³/mol. The molecular formula is C14H20O3. The molecule has 0 atom stereocenters. The summed E-state index contributed by atoms with van der Waals surface area (Å²) in [5.41, 5.74) is 1.52. The summed E-state index contributed by atoms with van der Waals surface area (Å²) < 4.78 is 10.5. The van der Waals surface area contributed by atoms with Crippen LogP contribution >= 0.6 is 0 Å². The number of carbonyl (C=O) groups is 1. The number of benzene rings is 1. The second kappa shape index (κ2) is 5.21. The highest BCUT2D eigenvalue weighted by atomic mass is 16.6. The van der Waals surface area contributed by atoms with Crippen molar-refractivity contribution in [3.8, 4) is 5.75 Å². The third kappa shape index (κ3) is 4.47. The molecule has 1 rings (SSSR count). The van der Waals surface area contributed by atoms with Crippen molar-refractivity contribution in [2.24, 2.45) is 0 Å². The molecule has 0 heterocycles. The van der Waals surface area contributed by atoms with Crippen LogP contribution in [0.4, 0.5) is 0 Å². The Morgan fingerprint density at radius 2 is 1.94 bits per heavy atom. The molecule has 0 spiro atoms. The quantitative estimate of drug-likeness (QED) is 0.757. The normalized spacial score (nSPS) is 11.1. The topological polar surface area (TPSA) is 35.5 Å². The van der Waals surface area contributed by atoms with E-state index in [-0.39, 0.29) is 12.4 Å². The number of carbonyl (C=O) groups excluding carboxylic acids is 1. The SMILES string of the molecule is COc1cc(CC(=O)OC(C)(C)C)ccc1C. The van der Waals surface area contributed by atoms with Gasteiger partial charge in [0.2, 0.25) is 0 Å². The van der Waals surface area contributed by atoms with Gasteiger partial charge in [-0.3, -0.25) is 4.79 Å². The van der Waals surface area contributed by atoms with E-state index in [9.17, 15) is 4.79 Å². The van der Waals surface area contributed by atoms with Gasteiger partial charge in [0, 0.05) is 0 Å². The van der Waals surface area contributed by atoms with E-state index in [2.05, 4.69) is 0 Å². The molecule has 0 amide bonds. The molecule has 3 heteroatoms. The van der Waals surface area contributed by atoms with E-state index in [0.717, 1.165) is 16.9 Å². The maximum Gasteiger partial charge on any atom is 0.310 e. The summed E-state index contributed by atoms with van der Waals surface area (Å²) in [6.45, 7) is 7.55. The van der Waals surface area contributed by atoms with Crippen molar-refractivity contribution in [1.82, 2.24) is 0 Å². The lowest BCUT2D eigenvalue weighted by atomic mass is 10.1. The van der Waals surface area contributed by atoms with Gasteiger partial charge in [0.25, 0.3) is 0 Å². The fraction of sp³-hybridized carbons (Fsp3) is 0.500. The van der Waals surface area contributed by atoms with Crippen molar-refractivity contribution in [3.63, 3.8) is 0 Å². The zero-order valence-electron chi connectivity index (χ0n) is 11.2. The predicted octanol–water partition coefficient (Wildman–Crippen LogP) is 2.89. The Bertz CT molecular complexity index is 402. The first kappa shape index (κ1) is 13.6. The Morgan fingerprint density at radius 3 is 2.47 bits per heavy atom. The molecule has 0 radical (unpaired) electrons. The molecule has 0 aromatic heterocycles. The Kier molecular flexibility index (Phi) is 4.16. The van der Waals surface area contributed by atoms with Crippen molar-refractivity contribution < 1.29 is 14.3 Å². The van der Waals surface area contributed by atoms with Crippen LogP contribution in [-0.4, -0.2) is 18.7 Å². The van der Waals surface area contributed by atoms with Crippen LogP contribution in [0.15, 0.2) is 18.2 Å². The molecule has 0 N–H and O–H groups in total. The van der Waals surface area contributed by atoms with Crippen LogP contribution < -0.4 is 4.74 Å². The maximum absolute atomic E-state index is 11.6. The Balaban J connectivity index is 2.72. The van der Waals surface area contributed by atoms with Crippen LogP contribution in [0.25, 0.3) is 0 Å². The van der Waals surface area contributed by atoms with Gasteiger partial charge < -0.3 is 9.47 Å². The minimum atomic E-state index is -0.439. The van der Waals surface area contributed by atoms with E-state index in [1.807, 2.05) is 45.9 Å². The summed E-state index contributed by atoms with van der Waals surface area (Å²) >= 11 is 0. The molecule has 0 aliphatic carbocycles. The Labute approximate surface area is 103 Å². The van der Waals surface area contributed by atoms with Gasteiger partial charge in [-0.05, 0) is 44.9 Å². The van der Waals surface area contributed by atoms with Crippen molar-refractivity contribution in [2.45, 2.75) is 39.7 Å². The average Bonchev–Trinajstić information content (AvgIpc) is 2.18. The molecule has 0 fully saturated rings. The largest absolute Gasteiger partial charge is 0.496 e. The first-order chi connectivity index (χ1) is 7.81. The van der Waals surface area contributed by atoms with Crippen LogP contribution in [0.3, 0.4) is 0 Å². The first-order valence-electron chi connectivity index (χ1n) is 5.67. The van der Waals surface area contributed by atoms with Crippen LogP contribution in [0.1, 0.15) is 31.9 Å². The van der Waals surface area contributed by atoms with Crippen LogP contribution in [0, 0.1) is 6.92 Å². The molecule has 0 aliphatic rings. The smallest absolute Gasteiger partial charge is 0.310 e. The van der Waals surface area contributed by atoms with Gasteiger partial charge in [-0.15, -0.1) is 0 Å². The monoisotopic (exact) mass is 236 g/mol. The highest BCUT2D eigenvalue weighted by Gasteiger charge is 2.16. The minimum absolute atomic E-state index is 0.219. The fourth-order valence-corrected chi connectivity index (χ4v) is 1.52. The number of methoxy groups -OCH3 is 1. The summed E-state index contributed by atoms with van der Waals surface area (Å²) in [6.07, 6.45) is 0.272. The van der Waals surface area contributed by atoms with Gasteiger partial charge in [0.15, 0.2) is 0 Å². The molecule has 0 bridgehead atoms. The summed E-state index contributed by atoms with van der Waals surface area (Å²) in [6, 6.07) is 5.74. The van der Waals surface area contributed by atoms with Crippen LogP contribution in [0.2, 0.25) is 0 Å². The number of hydrogen-bond acceptors (Lipinski definition) is 3. The second-order valence-corrected chi connectivity index (χ2v) is 5.07. The summed E-state index contributed by atoms with van der Waals surface area (Å²) in [4.78, 5) is 11.6. The van der Waals surface area contributed by atoms with Gasteiger partial charge in [0.05, 0.1) is 13.5 Å². The fourth-order valence-electron chi connectivity index (χ4n) is 1.52. The standard InChI is InChI=1S/C14H20O3/c1-10-6-7-11(8-12(10)16-5)9-13(15)17-14(2,3)4/h6-8H,9H2,1-5H3. The molecular weight excluding hydrogens is 216 g/mol. The molecule has 0 saturated heterocycles. The maximum atomic E-state index is 11.6. The number of aryl methyl sites for hydroxylation is 1. The number of rotatable bonds is 3. The van der Waals surface area contributed by atoms with Gasteiger partial charge in [-0.1, -0.05) is 12.1 Å². The molecule has 1 aromatic rings. The lowest BCUT2D eigenvalue weighted by molar-refractivity contribution is -0.153. The number of hydrogen-bond donors (Lipinski definition) is 0. The molecule has 0 saturated carbocycles. The third-order valence-corrected chi connectivity index (χ3v) is 2.24. The van der Waals surface area contributed by atoms with Crippen molar-refractivity contribution >= 4 is 5.97 Å². The third-order valence-electron chi connectivity index (χ3n) is 2.24. The number of esters is 1. The van der Waals surface area contributed by atoms with Crippen LogP contribution in [-0.2, 0) is 16.0 Å². The molecule has 0 unspecified atom stereocenters. The number of ether oxygens (including phenoxy) is 2. The van der Waals surface area contributed by atoms with E-state index >= 15 is 0 Å². The molecule has 0 aliphatic heterocycles. The van der Waals surface area contributed by atoms with Crippen molar-refractivity contribution in [2.75, 3.05) is 7.11 Å².